The van der Waals surface area contributed by atoms with E-state index in [2.05, 4.69) is 64.9 Å². The number of rotatable bonds is 4. The number of halogens is 2. The van der Waals surface area contributed by atoms with Crippen LogP contribution in [0.1, 0.15) is 77.9 Å². The molecule has 0 saturated heterocycles. The van der Waals surface area contributed by atoms with E-state index in [0.29, 0.717) is 16.8 Å². The predicted molar refractivity (Wildman–Crippen MR) is 132 cm³/mol. The lowest BCUT2D eigenvalue weighted by Crippen LogP contribution is -2.13. The predicted octanol–water partition coefficient (Wildman–Crippen LogP) is 7.21. The molecule has 0 aromatic carbocycles. The van der Waals surface area contributed by atoms with Crippen LogP contribution in [-0.2, 0) is 24.9 Å². The molecular weight excluding hydrogens is 406 g/mol. The zero-order valence-corrected chi connectivity index (χ0v) is 21.3. The maximum atomic E-state index is 13.4. The number of allylic oxidation sites excluding steroid dienone is 6. The first-order chi connectivity index (χ1) is 14.6. The van der Waals surface area contributed by atoms with E-state index >= 15 is 0 Å². The fourth-order valence-corrected chi connectivity index (χ4v) is 3.34. The van der Waals surface area contributed by atoms with E-state index in [9.17, 15) is 8.78 Å². The first kappa shape index (κ1) is 27.3. The Bertz CT molecular complexity index is 1020. The second-order valence-corrected chi connectivity index (χ2v) is 9.90. The van der Waals surface area contributed by atoms with Gasteiger partial charge in [-0.1, -0.05) is 66.9 Å². The van der Waals surface area contributed by atoms with Crippen LogP contribution in [0.4, 0.5) is 8.78 Å². The monoisotopic (exact) mass is 444 g/mol. The van der Waals surface area contributed by atoms with Gasteiger partial charge in [0.25, 0.3) is 0 Å². The van der Waals surface area contributed by atoms with Gasteiger partial charge in [0.2, 0.25) is 0 Å². The standard InChI is InChI=1S/2C13H19FN2/c1-7-10(9(2)14)12-11(13(3,4)5)8-16(6)15-12;1-7-10(9(2)14)12-11(13(3,4)5)8-15-16(12)6/h2*7-8H,1H2,2-6H3/b2*10-9-. The Morgan fingerprint density at radius 3 is 1.72 bits per heavy atom. The minimum absolute atomic E-state index is 0.0622. The van der Waals surface area contributed by atoms with Gasteiger partial charge in [0, 0.05) is 42.6 Å². The van der Waals surface area contributed by atoms with Crippen molar-refractivity contribution in [2.24, 2.45) is 14.1 Å². The maximum absolute atomic E-state index is 13.4. The second-order valence-electron chi connectivity index (χ2n) is 9.90. The summed E-state index contributed by atoms with van der Waals surface area (Å²) < 4.78 is 30.2. The zero-order valence-electron chi connectivity index (χ0n) is 21.3. The van der Waals surface area contributed by atoms with Gasteiger partial charge in [-0.25, -0.2) is 8.78 Å². The average Bonchev–Trinajstić information content (AvgIpc) is 3.19. The fourth-order valence-electron chi connectivity index (χ4n) is 3.34. The Morgan fingerprint density at radius 2 is 1.34 bits per heavy atom. The van der Waals surface area contributed by atoms with Crippen molar-refractivity contribution in [1.82, 2.24) is 19.6 Å². The van der Waals surface area contributed by atoms with Crippen LogP contribution in [0.2, 0.25) is 0 Å². The molecule has 0 aliphatic heterocycles. The molecule has 32 heavy (non-hydrogen) atoms. The molecule has 176 valence electrons. The normalized spacial score (nSPS) is 13.6. The largest absolute Gasteiger partial charge is 0.275 e. The van der Waals surface area contributed by atoms with Crippen LogP contribution in [0.3, 0.4) is 0 Å². The van der Waals surface area contributed by atoms with Crippen LogP contribution in [0.5, 0.6) is 0 Å². The summed E-state index contributed by atoms with van der Waals surface area (Å²) in [6, 6.07) is 0. The average molecular weight is 445 g/mol. The highest BCUT2D eigenvalue weighted by molar-refractivity contribution is 5.75. The molecule has 0 fully saturated rings. The minimum atomic E-state index is -0.251. The Balaban J connectivity index is 0.000000320. The summed E-state index contributed by atoms with van der Waals surface area (Å²) in [6.45, 7) is 22.7. The highest BCUT2D eigenvalue weighted by atomic mass is 19.1. The lowest BCUT2D eigenvalue weighted by Gasteiger charge is -2.19. The van der Waals surface area contributed by atoms with Crippen LogP contribution in [-0.4, -0.2) is 19.6 Å². The van der Waals surface area contributed by atoms with Gasteiger partial charge in [0.15, 0.2) is 0 Å². The van der Waals surface area contributed by atoms with Gasteiger partial charge in [0.05, 0.1) is 17.6 Å². The molecule has 0 unspecified atom stereocenters. The van der Waals surface area contributed by atoms with Crippen molar-refractivity contribution in [2.45, 2.75) is 66.2 Å². The summed E-state index contributed by atoms with van der Waals surface area (Å²) in [6.07, 6.45) is 6.79. The molecule has 0 aliphatic rings. The Hall–Kier alpha value is -2.76. The molecular formula is C26H38F2N4. The van der Waals surface area contributed by atoms with E-state index in [1.807, 2.05) is 20.3 Å². The molecule has 2 aromatic heterocycles. The molecule has 2 rings (SSSR count). The van der Waals surface area contributed by atoms with Gasteiger partial charge in [-0.15, -0.1) is 0 Å². The number of hydrogen-bond donors (Lipinski definition) is 0. The molecule has 0 radical (unpaired) electrons. The summed E-state index contributed by atoms with van der Waals surface area (Å²) >= 11 is 0. The number of aromatic nitrogens is 4. The topological polar surface area (TPSA) is 35.6 Å². The third-order valence-electron chi connectivity index (χ3n) is 5.04. The van der Waals surface area contributed by atoms with E-state index in [-0.39, 0.29) is 22.5 Å². The zero-order chi connectivity index (χ0) is 25.0. The third kappa shape index (κ3) is 6.38. The number of nitrogens with zero attached hydrogens (tertiary/aromatic N) is 4. The molecule has 0 N–H and O–H groups in total. The van der Waals surface area contributed by atoms with Crippen molar-refractivity contribution in [3.63, 3.8) is 0 Å². The van der Waals surface area contributed by atoms with Crippen LogP contribution in [0, 0.1) is 0 Å². The quantitative estimate of drug-likeness (QED) is 0.467. The molecule has 0 aliphatic carbocycles. The molecule has 6 heteroatoms. The van der Waals surface area contributed by atoms with Crippen molar-refractivity contribution >= 4 is 11.1 Å². The van der Waals surface area contributed by atoms with Crippen LogP contribution < -0.4 is 0 Å². The molecule has 0 atom stereocenters. The molecule has 2 heterocycles. The fraction of sp³-hybridized carbons (Fsp3) is 0.462. The van der Waals surface area contributed by atoms with Gasteiger partial charge in [-0.2, -0.15) is 10.2 Å². The second kappa shape index (κ2) is 10.2. The van der Waals surface area contributed by atoms with Crippen molar-refractivity contribution < 1.29 is 8.78 Å². The van der Waals surface area contributed by atoms with Gasteiger partial charge in [0.1, 0.15) is 11.7 Å². The van der Waals surface area contributed by atoms with Gasteiger partial charge in [-0.05, 0) is 24.7 Å². The highest BCUT2D eigenvalue weighted by Crippen LogP contribution is 2.32. The Morgan fingerprint density at radius 1 is 0.875 bits per heavy atom. The molecule has 4 nitrogen and oxygen atoms in total. The number of hydrogen-bond acceptors (Lipinski definition) is 2. The molecule has 0 bridgehead atoms. The molecule has 0 amide bonds. The van der Waals surface area contributed by atoms with E-state index in [1.54, 1.807) is 21.6 Å². The maximum Gasteiger partial charge on any atom is 0.106 e. The van der Waals surface area contributed by atoms with Gasteiger partial charge < -0.3 is 0 Å². The van der Waals surface area contributed by atoms with Crippen LogP contribution in [0.15, 0.2) is 49.4 Å². The lowest BCUT2D eigenvalue weighted by molar-refractivity contribution is 0.585. The van der Waals surface area contributed by atoms with Crippen LogP contribution in [0.25, 0.3) is 11.1 Å². The first-order valence-corrected chi connectivity index (χ1v) is 10.6. The third-order valence-corrected chi connectivity index (χ3v) is 5.04. The Labute approximate surface area is 192 Å². The first-order valence-electron chi connectivity index (χ1n) is 10.6. The minimum Gasteiger partial charge on any atom is -0.275 e. The molecule has 0 spiro atoms. The lowest BCUT2D eigenvalue weighted by atomic mass is 9.85. The van der Waals surface area contributed by atoms with Crippen molar-refractivity contribution in [3.05, 3.63) is 71.9 Å². The molecule has 2 aromatic rings. The summed E-state index contributed by atoms with van der Waals surface area (Å²) in [5.41, 5.74) is 4.42. The van der Waals surface area contributed by atoms with E-state index in [1.165, 1.54) is 19.9 Å². The van der Waals surface area contributed by atoms with E-state index < -0.39 is 0 Å². The Kier molecular flexibility index (Phi) is 8.73. The molecule has 0 saturated carbocycles. The summed E-state index contributed by atoms with van der Waals surface area (Å²) in [5, 5.41) is 8.52. The summed E-state index contributed by atoms with van der Waals surface area (Å²) in [5.74, 6) is -0.483. The van der Waals surface area contributed by atoms with Crippen LogP contribution >= 0.6 is 0 Å². The highest BCUT2D eigenvalue weighted by Gasteiger charge is 2.24. The van der Waals surface area contributed by atoms with Gasteiger partial charge in [-0.3, -0.25) is 9.36 Å². The SMILES string of the molecule is C=C/C(=C(\C)F)c1c(C(C)(C)C)cnn1C.C=C/C(=C(\C)F)c1nn(C)cc1C(C)(C)C. The van der Waals surface area contributed by atoms with Gasteiger partial charge >= 0.3 is 0 Å². The van der Waals surface area contributed by atoms with Crippen molar-refractivity contribution in [3.8, 4) is 0 Å². The smallest absolute Gasteiger partial charge is 0.106 e. The van der Waals surface area contributed by atoms with E-state index in [0.717, 1.165) is 16.8 Å². The summed E-state index contributed by atoms with van der Waals surface area (Å²) in [4.78, 5) is 0. The number of aryl methyl sites for hydroxylation is 2. The summed E-state index contributed by atoms with van der Waals surface area (Å²) in [7, 11) is 3.66. The van der Waals surface area contributed by atoms with Crippen molar-refractivity contribution in [1.29, 1.82) is 0 Å². The van der Waals surface area contributed by atoms with E-state index in [4.69, 9.17) is 0 Å². The van der Waals surface area contributed by atoms with Crippen molar-refractivity contribution in [2.75, 3.05) is 0 Å².